The Morgan fingerprint density at radius 1 is 0.929 bits per heavy atom. The monoisotopic (exact) mass is 376 g/mol. The summed E-state index contributed by atoms with van der Waals surface area (Å²) < 4.78 is 13.2. The minimum absolute atomic E-state index is 0.175. The van der Waals surface area contributed by atoms with Gasteiger partial charge >= 0.3 is 0 Å². The third-order valence-electron chi connectivity index (χ3n) is 3.87. The zero-order valence-electron chi connectivity index (χ0n) is 15.0. The summed E-state index contributed by atoms with van der Waals surface area (Å²) in [6.07, 6.45) is 3.07. The number of hydrazone groups is 1. The smallest absolute Gasteiger partial charge is 0.271 e. The van der Waals surface area contributed by atoms with Crippen LogP contribution in [0.3, 0.4) is 0 Å². The number of aromatic nitrogens is 1. The van der Waals surface area contributed by atoms with Crippen LogP contribution in [0.25, 0.3) is 0 Å². The summed E-state index contributed by atoms with van der Waals surface area (Å²) >= 11 is 0. The normalized spacial score (nSPS) is 11.0. The number of benzene rings is 2. The highest BCUT2D eigenvalue weighted by molar-refractivity contribution is 6.05. The Kier molecular flexibility index (Phi) is 5.86. The van der Waals surface area contributed by atoms with Gasteiger partial charge in [0, 0.05) is 23.6 Å². The second kappa shape index (κ2) is 8.68. The van der Waals surface area contributed by atoms with E-state index in [0.29, 0.717) is 22.5 Å². The van der Waals surface area contributed by atoms with Gasteiger partial charge in [0.2, 0.25) is 0 Å². The van der Waals surface area contributed by atoms with Crippen molar-refractivity contribution in [2.24, 2.45) is 5.10 Å². The van der Waals surface area contributed by atoms with Gasteiger partial charge in [0.1, 0.15) is 5.82 Å². The molecule has 0 aliphatic carbocycles. The van der Waals surface area contributed by atoms with E-state index in [1.54, 1.807) is 49.5 Å². The highest BCUT2D eigenvalue weighted by Crippen LogP contribution is 2.13. The van der Waals surface area contributed by atoms with Crippen LogP contribution in [0, 0.1) is 5.82 Å². The van der Waals surface area contributed by atoms with Gasteiger partial charge in [-0.05, 0) is 55.0 Å². The summed E-state index contributed by atoms with van der Waals surface area (Å²) in [4.78, 5) is 28.2. The summed E-state index contributed by atoms with van der Waals surface area (Å²) in [6, 6.07) is 15.7. The van der Waals surface area contributed by atoms with Crippen molar-refractivity contribution in [1.29, 1.82) is 0 Å². The number of carbonyl (C=O) groups excluding carboxylic acids is 2. The van der Waals surface area contributed by atoms with Gasteiger partial charge in [-0.1, -0.05) is 18.2 Å². The zero-order valence-corrected chi connectivity index (χ0v) is 15.0. The van der Waals surface area contributed by atoms with Gasteiger partial charge in [-0.25, -0.2) is 9.82 Å². The molecule has 0 atom stereocenters. The van der Waals surface area contributed by atoms with Gasteiger partial charge in [-0.2, -0.15) is 5.10 Å². The van der Waals surface area contributed by atoms with Crippen molar-refractivity contribution in [2.45, 2.75) is 6.92 Å². The molecule has 0 aliphatic heterocycles. The van der Waals surface area contributed by atoms with Gasteiger partial charge in [-0.15, -0.1) is 0 Å². The predicted octanol–water partition coefficient (Wildman–Crippen LogP) is 3.63. The van der Waals surface area contributed by atoms with Crippen LogP contribution in [0.2, 0.25) is 0 Å². The molecule has 0 aliphatic rings. The lowest BCUT2D eigenvalue weighted by molar-refractivity contribution is 0.0953. The van der Waals surface area contributed by atoms with Crippen molar-refractivity contribution in [3.8, 4) is 0 Å². The Morgan fingerprint density at radius 3 is 2.43 bits per heavy atom. The zero-order chi connectivity index (χ0) is 19.9. The Morgan fingerprint density at radius 2 is 1.68 bits per heavy atom. The van der Waals surface area contributed by atoms with Gasteiger partial charge in [0.15, 0.2) is 0 Å². The number of rotatable bonds is 5. The number of halogens is 1. The third kappa shape index (κ3) is 4.85. The summed E-state index contributed by atoms with van der Waals surface area (Å²) in [5, 5.41) is 6.84. The topological polar surface area (TPSA) is 83.5 Å². The molecule has 2 N–H and O–H groups in total. The number of hydrogen-bond donors (Lipinski definition) is 2. The average Bonchev–Trinajstić information content (AvgIpc) is 2.72. The van der Waals surface area contributed by atoms with E-state index in [1.807, 2.05) is 0 Å². The van der Waals surface area contributed by atoms with E-state index in [-0.39, 0.29) is 11.5 Å². The second-order valence-corrected chi connectivity index (χ2v) is 5.93. The molecule has 3 rings (SSSR count). The highest BCUT2D eigenvalue weighted by atomic mass is 19.1. The molecule has 28 heavy (non-hydrogen) atoms. The molecule has 0 unspecified atom stereocenters. The summed E-state index contributed by atoms with van der Waals surface area (Å²) in [5.41, 5.74) is 4.84. The molecular weight excluding hydrogens is 359 g/mol. The molecule has 0 bridgehead atoms. The molecule has 140 valence electrons. The second-order valence-electron chi connectivity index (χ2n) is 5.93. The molecule has 2 amide bonds. The molecular formula is C21H17FN4O2. The summed E-state index contributed by atoms with van der Waals surface area (Å²) in [5.74, 6) is -1.29. The molecule has 0 spiro atoms. The fourth-order valence-corrected chi connectivity index (χ4v) is 2.42. The molecule has 0 saturated carbocycles. The third-order valence-corrected chi connectivity index (χ3v) is 3.87. The van der Waals surface area contributed by atoms with Gasteiger partial charge in [0.25, 0.3) is 11.8 Å². The Labute approximate surface area is 161 Å². The van der Waals surface area contributed by atoms with Crippen LogP contribution in [0.4, 0.5) is 10.1 Å². The van der Waals surface area contributed by atoms with Crippen molar-refractivity contribution < 1.29 is 14.0 Å². The van der Waals surface area contributed by atoms with Crippen molar-refractivity contribution >= 4 is 23.2 Å². The fourth-order valence-electron chi connectivity index (χ4n) is 2.42. The first kappa shape index (κ1) is 18.9. The van der Waals surface area contributed by atoms with Gasteiger partial charge < -0.3 is 5.32 Å². The van der Waals surface area contributed by atoms with Crippen LogP contribution in [0.15, 0.2) is 78.2 Å². The lowest BCUT2D eigenvalue weighted by Gasteiger charge is -2.08. The molecule has 7 heteroatoms. The average molecular weight is 376 g/mol. The van der Waals surface area contributed by atoms with E-state index in [4.69, 9.17) is 0 Å². The van der Waals surface area contributed by atoms with E-state index in [9.17, 15) is 14.0 Å². The quantitative estimate of drug-likeness (QED) is 0.527. The number of carbonyl (C=O) groups is 2. The van der Waals surface area contributed by atoms with E-state index in [1.165, 1.54) is 24.4 Å². The van der Waals surface area contributed by atoms with E-state index < -0.39 is 11.7 Å². The van der Waals surface area contributed by atoms with Crippen molar-refractivity contribution in [2.75, 3.05) is 5.32 Å². The van der Waals surface area contributed by atoms with Crippen LogP contribution in [-0.2, 0) is 0 Å². The molecule has 6 nitrogen and oxygen atoms in total. The van der Waals surface area contributed by atoms with Crippen LogP contribution in [-0.4, -0.2) is 22.5 Å². The van der Waals surface area contributed by atoms with Crippen LogP contribution in [0.1, 0.15) is 33.2 Å². The van der Waals surface area contributed by atoms with Crippen LogP contribution >= 0.6 is 0 Å². The number of anilines is 1. The van der Waals surface area contributed by atoms with Crippen molar-refractivity contribution in [1.82, 2.24) is 10.4 Å². The number of amides is 2. The van der Waals surface area contributed by atoms with Gasteiger partial charge in [-0.3, -0.25) is 14.6 Å². The van der Waals surface area contributed by atoms with Crippen molar-refractivity contribution in [3.05, 3.63) is 95.6 Å². The Balaban J connectivity index is 1.69. The van der Waals surface area contributed by atoms with E-state index in [2.05, 4.69) is 20.8 Å². The van der Waals surface area contributed by atoms with Gasteiger partial charge in [0.05, 0.1) is 11.3 Å². The lowest BCUT2D eigenvalue weighted by Crippen LogP contribution is -2.19. The SMILES string of the molecule is C/C(=N\NC(=O)c1cccc(F)c1)c1cccc(NC(=O)c2cccnc2)c1. The van der Waals surface area contributed by atoms with E-state index in [0.717, 1.165) is 6.07 Å². The van der Waals surface area contributed by atoms with Crippen LogP contribution in [0.5, 0.6) is 0 Å². The maximum Gasteiger partial charge on any atom is 0.271 e. The maximum atomic E-state index is 13.2. The Hall–Kier alpha value is -3.87. The molecule has 3 aromatic rings. The summed E-state index contributed by atoms with van der Waals surface area (Å²) in [6.45, 7) is 1.72. The maximum absolute atomic E-state index is 13.2. The molecule has 1 heterocycles. The minimum atomic E-state index is -0.514. The largest absolute Gasteiger partial charge is 0.322 e. The predicted molar refractivity (Wildman–Crippen MR) is 105 cm³/mol. The van der Waals surface area contributed by atoms with Crippen molar-refractivity contribution in [3.63, 3.8) is 0 Å². The molecule has 0 radical (unpaired) electrons. The first-order valence-corrected chi connectivity index (χ1v) is 8.45. The lowest BCUT2D eigenvalue weighted by atomic mass is 10.1. The van der Waals surface area contributed by atoms with E-state index >= 15 is 0 Å². The Bertz CT molecular complexity index is 1040. The van der Waals surface area contributed by atoms with Crippen LogP contribution < -0.4 is 10.7 Å². The highest BCUT2D eigenvalue weighted by Gasteiger charge is 2.08. The first-order chi connectivity index (χ1) is 13.5. The molecule has 2 aromatic carbocycles. The number of pyridine rings is 1. The summed E-state index contributed by atoms with van der Waals surface area (Å²) in [7, 11) is 0. The first-order valence-electron chi connectivity index (χ1n) is 8.45. The molecule has 0 fully saturated rings. The number of nitrogens with one attached hydrogen (secondary N) is 2. The fraction of sp³-hybridized carbons (Fsp3) is 0.0476. The minimum Gasteiger partial charge on any atom is -0.322 e. The standard InChI is InChI=1S/C21H17FN4O2/c1-14(25-26-21(28)16-6-2-8-18(22)11-16)15-5-3-9-19(12-15)24-20(27)17-7-4-10-23-13-17/h2-13H,1H3,(H,24,27)(H,26,28)/b25-14+. The molecule has 1 aromatic heterocycles. The number of hydrogen-bond acceptors (Lipinski definition) is 4. The molecule has 0 saturated heterocycles. The number of nitrogens with zero attached hydrogens (tertiary/aromatic N) is 2.